The molecule has 0 radical (unpaired) electrons. The van der Waals surface area contributed by atoms with Crippen LogP contribution in [0.15, 0.2) is 34.9 Å². The van der Waals surface area contributed by atoms with E-state index in [1.165, 1.54) is 0 Å². The van der Waals surface area contributed by atoms with Gasteiger partial charge in [0.25, 0.3) is 5.91 Å². The fraction of sp³-hybridized carbons (Fsp3) is 0.353. The predicted molar refractivity (Wildman–Crippen MR) is 88.1 cm³/mol. The highest BCUT2D eigenvalue weighted by molar-refractivity contribution is 6.04. The van der Waals surface area contributed by atoms with E-state index in [0.29, 0.717) is 24.7 Å². The van der Waals surface area contributed by atoms with Gasteiger partial charge in [-0.15, -0.1) is 0 Å². The number of carbonyl (C=O) groups excluding carboxylic acids is 2. The van der Waals surface area contributed by atoms with Crippen LogP contribution in [0.4, 0.5) is 11.4 Å². The number of aromatic nitrogens is 1. The average molecular weight is 326 g/mol. The third-order valence-electron chi connectivity index (χ3n) is 4.27. The molecule has 0 bridgehead atoms. The Labute approximate surface area is 139 Å². The van der Waals surface area contributed by atoms with E-state index in [-0.39, 0.29) is 24.1 Å². The average Bonchev–Trinajstić information content (AvgIpc) is 3.32. The van der Waals surface area contributed by atoms with Gasteiger partial charge in [-0.1, -0.05) is 17.3 Å². The summed E-state index contributed by atoms with van der Waals surface area (Å²) in [5, 5.41) is 9.54. The second-order valence-electron chi connectivity index (χ2n) is 6.13. The van der Waals surface area contributed by atoms with Crippen LogP contribution >= 0.6 is 0 Å². The van der Waals surface area contributed by atoms with Crippen molar-refractivity contribution in [2.75, 3.05) is 29.9 Å². The van der Waals surface area contributed by atoms with Crippen LogP contribution in [-0.2, 0) is 4.79 Å². The van der Waals surface area contributed by atoms with E-state index in [4.69, 9.17) is 4.52 Å². The third kappa shape index (κ3) is 2.97. The first-order chi connectivity index (χ1) is 11.7. The second kappa shape index (κ2) is 5.99. The molecule has 1 aromatic carbocycles. The lowest BCUT2D eigenvalue weighted by Gasteiger charge is -2.30. The lowest BCUT2D eigenvalue weighted by atomic mass is 10.2. The minimum atomic E-state index is -0.306. The van der Waals surface area contributed by atoms with E-state index in [2.05, 4.69) is 15.8 Å². The van der Waals surface area contributed by atoms with E-state index in [1.807, 2.05) is 29.2 Å². The van der Waals surface area contributed by atoms with Gasteiger partial charge in [-0.25, -0.2) is 0 Å². The SMILES string of the molecule is O=C1CN(c2ccccc2NC(=O)c2cc(C3CC3)on2)CCN1. The minimum absolute atomic E-state index is 0.0204. The third-order valence-corrected chi connectivity index (χ3v) is 4.27. The van der Waals surface area contributed by atoms with Crippen molar-refractivity contribution in [1.29, 1.82) is 0 Å². The molecule has 0 atom stereocenters. The molecule has 2 N–H and O–H groups in total. The number of benzene rings is 1. The standard InChI is InChI=1S/C17H18N4O3/c22-16-10-21(8-7-18-16)14-4-2-1-3-12(14)19-17(23)13-9-15(24-20-13)11-5-6-11/h1-4,9,11H,5-8,10H2,(H,18,22)(H,19,23). The first kappa shape index (κ1) is 14.7. The molecule has 0 spiro atoms. The van der Waals surface area contributed by atoms with Crippen LogP contribution in [-0.4, -0.2) is 36.6 Å². The van der Waals surface area contributed by atoms with Crippen molar-refractivity contribution in [1.82, 2.24) is 10.5 Å². The fourth-order valence-corrected chi connectivity index (χ4v) is 2.84. The quantitative estimate of drug-likeness (QED) is 0.893. The lowest BCUT2D eigenvalue weighted by Crippen LogP contribution is -2.47. The Morgan fingerprint density at radius 1 is 1.33 bits per heavy atom. The molecule has 1 saturated carbocycles. The largest absolute Gasteiger partial charge is 0.360 e. The Kier molecular flexibility index (Phi) is 3.68. The van der Waals surface area contributed by atoms with E-state index in [1.54, 1.807) is 6.07 Å². The molecule has 4 rings (SSSR count). The highest BCUT2D eigenvalue weighted by Gasteiger charge is 2.29. The number of nitrogens with zero attached hydrogens (tertiary/aromatic N) is 2. The Morgan fingerprint density at radius 2 is 2.17 bits per heavy atom. The first-order valence-corrected chi connectivity index (χ1v) is 8.09. The normalized spacial score (nSPS) is 17.5. The van der Waals surface area contributed by atoms with E-state index in [9.17, 15) is 9.59 Å². The summed E-state index contributed by atoms with van der Waals surface area (Å²) in [5.74, 6) is 0.867. The van der Waals surface area contributed by atoms with Gasteiger partial charge < -0.3 is 20.1 Å². The summed E-state index contributed by atoms with van der Waals surface area (Å²) in [7, 11) is 0. The second-order valence-corrected chi connectivity index (χ2v) is 6.13. The van der Waals surface area contributed by atoms with Crippen LogP contribution in [0.25, 0.3) is 0 Å². The van der Waals surface area contributed by atoms with E-state index in [0.717, 1.165) is 24.3 Å². The van der Waals surface area contributed by atoms with Crippen LogP contribution in [0.1, 0.15) is 35.0 Å². The van der Waals surface area contributed by atoms with Crippen molar-refractivity contribution in [2.45, 2.75) is 18.8 Å². The zero-order valence-electron chi connectivity index (χ0n) is 13.1. The number of hydrogen-bond acceptors (Lipinski definition) is 5. The van der Waals surface area contributed by atoms with Gasteiger partial charge in [0.05, 0.1) is 17.9 Å². The number of nitrogens with one attached hydrogen (secondary N) is 2. The topological polar surface area (TPSA) is 87.5 Å². The van der Waals surface area contributed by atoms with Crippen molar-refractivity contribution in [3.63, 3.8) is 0 Å². The summed E-state index contributed by atoms with van der Waals surface area (Å²) >= 11 is 0. The molecular weight excluding hydrogens is 308 g/mol. The Balaban J connectivity index is 1.53. The zero-order chi connectivity index (χ0) is 16.5. The highest BCUT2D eigenvalue weighted by atomic mass is 16.5. The minimum Gasteiger partial charge on any atom is -0.360 e. The Bertz CT molecular complexity index is 782. The molecule has 7 heteroatoms. The Morgan fingerprint density at radius 3 is 2.96 bits per heavy atom. The molecular formula is C17H18N4O3. The lowest BCUT2D eigenvalue weighted by molar-refractivity contribution is -0.120. The number of piperazine rings is 1. The summed E-state index contributed by atoms with van der Waals surface area (Å²) in [6, 6.07) is 9.17. The van der Waals surface area contributed by atoms with Crippen molar-refractivity contribution in [2.24, 2.45) is 0 Å². The zero-order valence-corrected chi connectivity index (χ0v) is 13.1. The maximum absolute atomic E-state index is 12.4. The molecule has 2 aliphatic rings. The van der Waals surface area contributed by atoms with Crippen molar-refractivity contribution >= 4 is 23.2 Å². The molecule has 1 saturated heterocycles. The monoisotopic (exact) mass is 326 g/mol. The number of hydrogen-bond donors (Lipinski definition) is 2. The summed E-state index contributed by atoms with van der Waals surface area (Å²) in [6.07, 6.45) is 2.19. The van der Waals surface area contributed by atoms with Gasteiger partial charge in [-0.05, 0) is 25.0 Å². The van der Waals surface area contributed by atoms with Gasteiger partial charge >= 0.3 is 0 Å². The van der Waals surface area contributed by atoms with E-state index < -0.39 is 0 Å². The van der Waals surface area contributed by atoms with Crippen molar-refractivity contribution in [3.8, 4) is 0 Å². The van der Waals surface area contributed by atoms with Crippen LogP contribution in [0.5, 0.6) is 0 Å². The maximum Gasteiger partial charge on any atom is 0.277 e. The molecule has 124 valence electrons. The molecule has 24 heavy (non-hydrogen) atoms. The molecule has 7 nitrogen and oxygen atoms in total. The number of rotatable bonds is 4. The molecule has 2 fully saturated rings. The number of carbonyl (C=O) groups is 2. The van der Waals surface area contributed by atoms with Gasteiger partial charge in [-0.3, -0.25) is 9.59 Å². The maximum atomic E-state index is 12.4. The van der Waals surface area contributed by atoms with Crippen LogP contribution in [0.2, 0.25) is 0 Å². The van der Waals surface area contributed by atoms with Gasteiger partial charge in [-0.2, -0.15) is 0 Å². The molecule has 2 amide bonds. The predicted octanol–water partition coefficient (Wildman–Crippen LogP) is 1.74. The van der Waals surface area contributed by atoms with Crippen molar-refractivity contribution < 1.29 is 14.1 Å². The van der Waals surface area contributed by atoms with Crippen LogP contribution in [0, 0.1) is 0 Å². The number of para-hydroxylation sites is 2. The number of amides is 2. The molecule has 2 aromatic rings. The molecule has 2 heterocycles. The van der Waals surface area contributed by atoms with Gasteiger partial charge in [0.2, 0.25) is 5.91 Å². The van der Waals surface area contributed by atoms with Gasteiger partial charge in [0.1, 0.15) is 5.76 Å². The molecule has 1 aliphatic heterocycles. The van der Waals surface area contributed by atoms with Crippen molar-refractivity contribution in [3.05, 3.63) is 41.8 Å². The summed E-state index contributed by atoms with van der Waals surface area (Å²) in [5.41, 5.74) is 1.77. The fourth-order valence-electron chi connectivity index (χ4n) is 2.84. The first-order valence-electron chi connectivity index (χ1n) is 8.09. The smallest absolute Gasteiger partial charge is 0.277 e. The van der Waals surface area contributed by atoms with Gasteiger partial charge in [0, 0.05) is 25.1 Å². The molecule has 1 aromatic heterocycles. The number of anilines is 2. The van der Waals surface area contributed by atoms with Gasteiger partial charge in [0.15, 0.2) is 5.69 Å². The van der Waals surface area contributed by atoms with Crippen LogP contribution in [0.3, 0.4) is 0 Å². The Hall–Kier alpha value is -2.83. The summed E-state index contributed by atoms with van der Waals surface area (Å²) in [6.45, 7) is 1.58. The summed E-state index contributed by atoms with van der Waals surface area (Å²) in [4.78, 5) is 26.0. The molecule has 0 unspecified atom stereocenters. The molecule has 1 aliphatic carbocycles. The van der Waals surface area contributed by atoms with E-state index >= 15 is 0 Å². The summed E-state index contributed by atoms with van der Waals surface area (Å²) < 4.78 is 5.23. The highest BCUT2D eigenvalue weighted by Crippen LogP contribution is 2.40. The van der Waals surface area contributed by atoms with Crippen LogP contribution < -0.4 is 15.5 Å².